The summed E-state index contributed by atoms with van der Waals surface area (Å²) in [7, 11) is -3.70. The Labute approximate surface area is 162 Å². The summed E-state index contributed by atoms with van der Waals surface area (Å²) < 4.78 is 28.4. The van der Waals surface area contributed by atoms with E-state index in [1.54, 1.807) is 30.5 Å². The van der Waals surface area contributed by atoms with Crippen molar-refractivity contribution in [2.75, 3.05) is 18.1 Å². The van der Waals surface area contributed by atoms with Gasteiger partial charge in [-0.2, -0.15) is 11.8 Å². The van der Waals surface area contributed by atoms with E-state index in [4.69, 9.17) is 9.88 Å². The lowest BCUT2D eigenvalue weighted by atomic mass is 10.1. The van der Waals surface area contributed by atoms with Crippen LogP contribution in [0.5, 0.6) is 5.88 Å². The first-order valence-electron chi connectivity index (χ1n) is 8.53. The molecule has 9 heteroatoms. The van der Waals surface area contributed by atoms with Crippen molar-refractivity contribution in [3.63, 3.8) is 0 Å². The predicted octanol–water partition coefficient (Wildman–Crippen LogP) is 1.59. The van der Waals surface area contributed by atoms with Crippen molar-refractivity contribution < 1.29 is 17.9 Å². The molecule has 144 valence electrons. The lowest BCUT2D eigenvalue weighted by Gasteiger charge is -2.14. The number of rotatable bonds is 7. The fraction of sp³-hybridized carbons (Fsp3) is 0.333. The Hall–Kier alpha value is -2.10. The molecule has 27 heavy (non-hydrogen) atoms. The number of ether oxygens (including phenoxy) is 1. The topological polar surface area (TPSA) is 111 Å². The Morgan fingerprint density at radius 1 is 1.30 bits per heavy atom. The molecule has 1 atom stereocenters. The Morgan fingerprint density at radius 3 is 2.74 bits per heavy atom. The number of carbonyl (C=O) groups excluding carboxylic acids is 1. The van der Waals surface area contributed by atoms with Crippen LogP contribution >= 0.6 is 11.8 Å². The molecule has 1 aliphatic heterocycles. The fourth-order valence-electron chi connectivity index (χ4n) is 2.68. The minimum Gasteiger partial charge on any atom is -0.473 e. The van der Waals surface area contributed by atoms with Crippen LogP contribution in [0.4, 0.5) is 0 Å². The smallest absolute Gasteiger partial charge is 0.256 e. The number of aromatic nitrogens is 1. The largest absolute Gasteiger partial charge is 0.473 e. The number of benzene rings is 1. The van der Waals surface area contributed by atoms with Gasteiger partial charge in [0.15, 0.2) is 0 Å². The van der Waals surface area contributed by atoms with Gasteiger partial charge in [0.05, 0.1) is 4.90 Å². The third-order valence-electron chi connectivity index (χ3n) is 4.13. The molecular weight excluding hydrogens is 386 g/mol. The molecule has 0 radical (unpaired) electrons. The molecule has 3 N–H and O–H groups in total. The van der Waals surface area contributed by atoms with E-state index < -0.39 is 10.0 Å². The molecule has 1 fully saturated rings. The molecule has 0 aliphatic carbocycles. The van der Waals surface area contributed by atoms with Crippen LogP contribution in [-0.2, 0) is 16.4 Å². The van der Waals surface area contributed by atoms with Crippen molar-refractivity contribution >= 4 is 27.7 Å². The molecule has 0 spiro atoms. The van der Waals surface area contributed by atoms with Gasteiger partial charge in [0.1, 0.15) is 11.7 Å². The van der Waals surface area contributed by atoms with E-state index in [1.165, 1.54) is 12.1 Å². The predicted molar refractivity (Wildman–Crippen MR) is 104 cm³/mol. The number of hydrogen-bond donors (Lipinski definition) is 2. The number of nitrogens with one attached hydrogen (secondary N) is 1. The fourth-order valence-corrected chi connectivity index (χ4v) is 4.29. The van der Waals surface area contributed by atoms with E-state index in [0.29, 0.717) is 24.4 Å². The minimum absolute atomic E-state index is 0.0671. The van der Waals surface area contributed by atoms with Crippen molar-refractivity contribution in [2.24, 2.45) is 5.14 Å². The quantitative estimate of drug-likeness (QED) is 0.721. The molecule has 1 amide bonds. The maximum atomic E-state index is 12.5. The van der Waals surface area contributed by atoms with Crippen LogP contribution in [0.1, 0.15) is 22.3 Å². The summed E-state index contributed by atoms with van der Waals surface area (Å²) in [5.41, 5.74) is 1.31. The Kier molecular flexibility index (Phi) is 6.35. The average molecular weight is 408 g/mol. The Balaban J connectivity index is 1.56. The zero-order valence-electron chi connectivity index (χ0n) is 14.6. The molecule has 1 aromatic carbocycles. The van der Waals surface area contributed by atoms with E-state index in [0.717, 1.165) is 23.5 Å². The number of amides is 1. The van der Waals surface area contributed by atoms with Crippen LogP contribution in [0, 0.1) is 0 Å². The van der Waals surface area contributed by atoms with Gasteiger partial charge in [0.25, 0.3) is 5.91 Å². The summed E-state index contributed by atoms with van der Waals surface area (Å²) in [6.07, 6.45) is 3.22. The number of nitrogens with zero attached hydrogens (tertiary/aromatic N) is 1. The van der Waals surface area contributed by atoms with Gasteiger partial charge < -0.3 is 10.1 Å². The number of carbonyl (C=O) groups is 1. The highest BCUT2D eigenvalue weighted by Crippen LogP contribution is 2.24. The van der Waals surface area contributed by atoms with Crippen molar-refractivity contribution in [1.29, 1.82) is 0 Å². The van der Waals surface area contributed by atoms with Crippen LogP contribution in [0.3, 0.4) is 0 Å². The Bertz CT molecular complexity index is 895. The summed E-state index contributed by atoms with van der Waals surface area (Å²) in [6.45, 7) is 0.404. The second-order valence-corrected chi connectivity index (χ2v) is 8.87. The highest BCUT2D eigenvalue weighted by molar-refractivity contribution is 7.99. The maximum Gasteiger partial charge on any atom is 0.256 e. The van der Waals surface area contributed by atoms with Gasteiger partial charge >= 0.3 is 0 Å². The molecule has 0 unspecified atom stereocenters. The van der Waals surface area contributed by atoms with Crippen LogP contribution in [0.15, 0.2) is 47.5 Å². The van der Waals surface area contributed by atoms with E-state index in [1.807, 2.05) is 11.8 Å². The van der Waals surface area contributed by atoms with Crippen LogP contribution in [0.25, 0.3) is 0 Å². The van der Waals surface area contributed by atoms with Gasteiger partial charge in [0, 0.05) is 18.5 Å². The molecule has 0 bridgehead atoms. The van der Waals surface area contributed by atoms with Crippen LogP contribution in [-0.4, -0.2) is 43.5 Å². The monoisotopic (exact) mass is 407 g/mol. The number of hydrogen-bond acceptors (Lipinski definition) is 6. The highest BCUT2D eigenvalue weighted by Gasteiger charge is 2.21. The van der Waals surface area contributed by atoms with E-state index >= 15 is 0 Å². The van der Waals surface area contributed by atoms with E-state index in [2.05, 4.69) is 10.3 Å². The molecule has 0 saturated carbocycles. The molecule has 2 heterocycles. The first kappa shape index (κ1) is 19.7. The number of nitrogens with two attached hydrogens (primary N) is 1. The second-order valence-electron chi connectivity index (χ2n) is 6.15. The summed E-state index contributed by atoms with van der Waals surface area (Å²) in [4.78, 5) is 16.8. The number of sulfonamides is 1. The molecule has 1 aliphatic rings. The molecule has 2 aromatic rings. The lowest BCUT2D eigenvalue weighted by Crippen LogP contribution is -2.27. The first-order chi connectivity index (χ1) is 12.9. The zero-order valence-corrected chi connectivity index (χ0v) is 16.3. The van der Waals surface area contributed by atoms with Crippen LogP contribution < -0.4 is 15.2 Å². The number of thioether (sulfide) groups is 1. The highest BCUT2D eigenvalue weighted by atomic mass is 32.2. The van der Waals surface area contributed by atoms with Crippen molar-refractivity contribution in [2.45, 2.75) is 23.8 Å². The van der Waals surface area contributed by atoms with E-state index in [-0.39, 0.29) is 16.9 Å². The molecule has 3 rings (SSSR count). The summed E-state index contributed by atoms with van der Waals surface area (Å²) in [5.74, 6) is 2.08. The lowest BCUT2D eigenvalue weighted by molar-refractivity contribution is 0.0946. The van der Waals surface area contributed by atoms with Gasteiger partial charge in [-0.15, -0.1) is 0 Å². The summed E-state index contributed by atoms with van der Waals surface area (Å²) >= 11 is 1.83. The minimum atomic E-state index is -3.70. The van der Waals surface area contributed by atoms with Crippen molar-refractivity contribution in [1.82, 2.24) is 10.3 Å². The molecule has 1 saturated heterocycles. The first-order valence-corrected chi connectivity index (χ1v) is 11.2. The second kappa shape index (κ2) is 8.73. The van der Waals surface area contributed by atoms with Crippen molar-refractivity contribution in [3.8, 4) is 5.88 Å². The van der Waals surface area contributed by atoms with Gasteiger partial charge in [0.2, 0.25) is 15.9 Å². The van der Waals surface area contributed by atoms with Crippen LogP contribution in [0.2, 0.25) is 0 Å². The number of pyridine rings is 1. The van der Waals surface area contributed by atoms with E-state index in [9.17, 15) is 13.2 Å². The average Bonchev–Trinajstić information content (AvgIpc) is 3.15. The molecular formula is C18H21N3O4S2. The molecule has 1 aromatic heterocycles. The summed E-state index contributed by atoms with van der Waals surface area (Å²) in [6, 6.07) is 9.68. The Morgan fingerprint density at radius 2 is 2.07 bits per heavy atom. The molecule has 7 nitrogen and oxygen atoms in total. The van der Waals surface area contributed by atoms with Gasteiger partial charge in [-0.25, -0.2) is 18.5 Å². The SMILES string of the molecule is NS(=O)(=O)c1ccc(CCNC(=O)c2cccnc2O[C@@H]2CCSC2)cc1. The summed E-state index contributed by atoms with van der Waals surface area (Å²) in [5, 5.41) is 7.93. The normalized spacial score (nSPS) is 16.9. The third-order valence-corrected chi connectivity index (χ3v) is 6.19. The van der Waals surface area contributed by atoms with Gasteiger partial charge in [-0.3, -0.25) is 4.79 Å². The third kappa shape index (κ3) is 5.44. The van der Waals surface area contributed by atoms with Crippen molar-refractivity contribution in [3.05, 3.63) is 53.7 Å². The maximum absolute atomic E-state index is 12.5. The standard InChI is InChI=1S/C18H21N3O4S2/c19-27(23,24)15-5-3-13(4-6-15)7-10-20-17(22)16-2-1-9-21-18(16)25-14-8-11-26-12-14/h1-6,9,14H,7-8,10-12H2,(H,20,22)(H2,19,23,24)/t14-/m1/s1. The zero-order chi connectivity index (χ0) is 19.3. The van der Waals surface area contributed by atoms with Gasteiger partial charge in [-0.1, -0.05) is 12.1 Å². The van der Waals surface area contributed by atoms with Gasteiger partial charge in [-0.05, 0) is 48.4 Å². The number of primary sulfonamides is 1.